The number of carbonyl (C=O) groups is 1. The highest BCUT2D eigenvalue weighted by Crippen LogP contribution is 2.06. The summed E-state index contributed by atoms with van der Waals surface area (Å²) < 4.78 is 30.9. The molecule has 13 heavy (non-hydrogen) atoms. The van der Waals surface area contributed by atoms with Gasteiger partial charge in [-0.25, -0.2) is 9.42 Å². The molecule has 1 rings (SSSR count). The normalized spacial score (nSPS) is 10.7. The predicted octanol–water partition coefficient (Wildman–Crippen LogP) is 0.507. The molecule has 0 spiro atoms. The van der Waals surface area contributed by atoms with Crippen molar-refractivity contribution >= 4 is 5.97 Å². The van der Waals surface area contributed by atoms with Gasteiger partial charge in [-0.3, -0.25) is 0 Å². The molecule has 0 aliphatic heterocycles. The lowest BCUT2D eigenvalue weighted by molar-refractivity contribution is -0.138. The van der Waals surface area contributed by atoms with Crippen LogP contribution in [-0.4, -0.2) is 28.0 Å². The van der Waals surface area contributed by atoms with E-state index in [4.69, 9.17) is 5.11 Å². The molecule has 0 aliphatic carbocycles. The standard InChI is InChI=1S/C5H4F2N2O4/c6-5(7)12-1-2-3(4(10)11)9-13-8-2/h5H,1H2,(H,10,11). The summed E-state index contributed by atoms with van der Waals surface area (Å²) in [5.74, 6) is -1.41. The smallest absolute Gasteiger partial charge is 0.360 e. The van der Waals surface area contributed by atoms with E-state index in [9.17, 15) is 13.6 Å². The van der Waals surface area contributed by atoms with Crippen LogP contribution in [0.2, 0.25) is 0 Å². The number of nitrogens with zero attached hydrogens (tertiary/aromatic N) is 2. The van der Waals surface area contributed by atoms with Gasteiger partial charge in [0.15, 0.2) is 0 Å². The van der Waals surface area contributed by atoms with E-state index in [-0.39, 0.29) is 5.69 Å². The number of hydrogen-bond acceptors (Lipinski definition) is 5. The molecule has 6 nitrogen and oxygen atoms in total. The molecule has 0 saturated carbocycles. The third kappa shape index (κ3) is 2.44. The van der Waals surface area contributed by atoms with E-state index in [1.165, 1.54) is 0 Å². The molecule has 0 unspecified atom stereocenters. The lowest BCUT2D eigenvalue weighted by Gasteiger charge is -1.97. The van der Waals surface area contributed by atoms with Crippen LogP contribution in [0.4, 0.5) is 8.78 Å². The predicted molar refractivity (Wildman–Crippen MR) is 32.1 cm³/mol. The van der Waals surface area contributed by atoms with E-state index in [0.717, 1.165) is 0 Å². The molecule has 1 aromatic rings. The second-order valence-corrected chi connectivity index (χ2v) is 1.94. The molecule has 0 amide bonds. The molecule has 0 radical (unpaired) electrons. The molecule has 1 aromatic heterocycles. The monoisotopic (exact) mass is 194 g/mol. The average molecular weight is 194 g/mol. The van der Waals surface area contributed by atoms with Crippen molar-refractivity contribution in [1.29, 1.82) is 0 Å². The maximum absolute atomic E-state index is 11.5. The van der Waals surface area contributed by atoms with Crippen LogP contribution >= 0.6 is 0 Å². The summed E-state index contributed by atoms with van der Waals surface area (Å²) >= 11 is 0. The van der Waals surface area contributed by atoms with Crippen LogP contribution in [0.3, 0.4) is 0 Å². The van der Waals surface area contributed by atoms with E-state index < -0.39 is 24.9 Å². The Balaban J connectivity index is 2.65. The fourth-order valence-electron chi connectivity index (χ4n) is 0.606. The van der Waals surface area contributed by atoms with Crippen molar-refractivity contribution in [2.75, 3.05) is 0 Å². The fraction of sp³-hybridized carbons (Fsp3) is 0.400. The van der Waals surface area contributed by atoms with Gasteiger partial charge in [0.05, 0.1) is 0 Å². The summed E-state index contributed by atoms with van der Waals surface area (Å²) in [4.78, 5) is 10.3. The maximum Gasteiger partial charge on any atom is 0.360 e. The second-order valence-electron chi connectivity index (χ2n) is 1.94. The first-order valence-electron chi connectivity index (χ1n) is 3.05. The van der Waals surface area contributed by atoms with E-state index >= 15 is 0 Å². The first-order chi connectivity index (χ1) is 6.11. The number of carboxylic acid groups (broad SMARTS) is 1. The van der Waals surface area contributed by atoms with Gasteiger partial charge in [-0.05, 0) is 5.16 Å². The van der Waals surface area contributed by atoms with Gasteiger partial charge in [-0.15, -0.1) is 0 Å². The molecule has 0 atom stereocenters. The Bertz CT molecular complexity index is 300. The summed E-state index contributed by atoms with van der Waals surface area (Å²) in [5, 5.41) is 14.5. The maximum atomic E-state index is 11.5. The van der Waals surface area contributed by atoms with Gasteiger partial charge < -0.3 is 9.84 Å². The highest BCUT2D eigenvalue weighted by Gasteiger charge is 2.18. The second kappa shape index (κ2) is 3.90. The van der Waals surface area contributed by atoms with Gasteiger partial charge in [0.2, 0.25) is 5.69 Å². The minimum absolute atomic E-state index is 0.271. The SMILES string of the molecule is O=C(O)c1nonc1COC(F)F. The fourth-order valence-corrected chi connectivity index (χ4v) is 0.606. The molecule has 0 saturated heterocycles. The Morgan fingerprint density at radius 1 is 1.62 bits per heavy atom. The third-order valence-electron chi connectivity index (χ3n) is 1.11. The Hall–Kier alpha value is -1.57. The van der Waals surface area contributed by atoms with Crippen molar-refractivity contribution in [3.63, 3.8) is 0 Å². The molecule has 0 aliphatic rings. The number of rotatable bonds is 4. The van der Waals surface area contributed by atoms with E-state index in [0.29, 0.717) is 0 Å². The van der Waals surface area contributed by atoms with Crippen LogP contribution in [0.25, 0.3) is 0 Å². The molecule has 0 bridgehead atoms. The lowest BCUT2D eigenvalue weighted by atomic mass is 10.3. The molecule has 1 N–H and O–H groups in total. The summed E-state index contributed by atoms with van der Waals surface area (Å²) in [5.41, 5.74) is -0.798. The summed E-state index contributed by atoms with van der Waals surface area (Å²) in [6.45, 7) is -3.64. The zero-order valence-corrected chi connectivity index (χ0v) is 6.11. The van der Waals surface area contributed by atoms with Crippen molar-refractivity contribution in [1.82, 2.24) is 10.3 Å². The van der Waals surface area contributed by atoms with E-state index in [1.807, 2.05) is 0 Å². The Kier molecular flexibility index (Phi) is 2.85. The van der Waals surface area contributed by atoms with Crippen LogP contribution < -0.4 is 0 Å². The Morgan fingerprint density at radius 3 is 2.85 bits per heavy atom. The number of alkyl halides is 2. The van der Waals surface area contributed by atoms with Crippen molar-refractivity contribution in [2.24, 2.45) is 0 Å². The Morgan fingerprint density at radius 2 is 2.31 bits per heavy atom. The van der Waals surface area contributed by atoms with Crippen LogP contribution in [0.5, 0.6) is 0 Å². The van der Waals surface area contributed by atoms with Crippen molar-refractivity contribution in [2.45, 2.75) is 13.2 Å². The lowest BCUT2D eigenvalue weighted by Crippen LogP contribution is -2.06. The first-order valence-corrected chi connectivity index (χ1v) is 3.05. The molecule has 0 fully saturated rings. The molecule has 1 heterocycles. The van der Waals surface area contributed by atoms with Gasteiger partial charge in [-0.2, -0.15) is 8.78 Å². The van der Waals surface area contributed by atoms with Gasteiger partial charge in [0, 0.05) is 0 Å². The van der Waals surface area contributed by atoms with Crippen molar-refractivity contribution in [3.8, 4) is 0 Å². The van der Waals surface area contributed by atoms with Crippen molar-refractivity contribution < 1.29 is 28.0 Å². The summed E-state index contributed by atoms with van der Waals surface area (Å²) in [6, 6.07) is 0. The summed E-state index contributed by atoms with van der Waals surface area (Å²) in [7, 11) is 0. The average Bonchev–Trinajstić information content (AvgIpc) is 2.47. The zero-order chi connectivity index (χ0) is 9.84. The minimum Gasteiger partial charge on any atom is -0.476 e. The molecule has 72 valence electrons. The Labute approximate surface area is 70.1 Å². The molecular weight excluding hydrogens is 190 g/mol. The number of hydrogen-bond donors (Lipinski definition) is 1. The number of ether oxygens (including phenoxy) is 1. The van der Waals surface area contributed by atoms with Gasteiger partial charge in [-0.1, -0.05) is 5.16 Å². The van der Waals surface area contributed by atoms with Gasteiger partial charge in [0.25, 0.3) is 0 Å². The number of aromatic carboxylic acids is 1. The van der Waals surface area contributed by atoms with Crippen molar-refractivity contribution in [3.05, 3.63) is 11.4 Å². The minimum atomic E-state index is -2.99. The summed E-state index contributed by atoms with van der Waals surface area (Å²) in [6.07, 6.45) is 0. The van der Waals surface area contributed by atoms with Crippen LogP contribution in [0.1, 0.15) is 16.2 Å². The molecule has 0 aromatic carbocycles. The topological polar surface area (TPSA) is 85.5 Å². The first kappa shape index (κ1) is 9.52. The molecule has 8 heteroatoms. The van der Waals surface area contributed by atoms with Gasteiger partial charge >= 0.3 is 12.6 Å². The highest BCUT2D eigenvalue weighted by atomic mass is 19.3. The largest absolute Gasteiger partial charge is 0.476 e. The van der Waals surface area contributed by atoms with E-state index in [1.54, 1.807) is 0 Å². The third-order valence-corrected chi connectivity index (χ3v) is 1.11. The highest BCUT2D eigenvalue weighted by molar-refractivity contribution is 5.86. The number of carboxylic acids is 1. The number of aromatic nitrogens is 2. The number of halogens is 2. The quantitative estimate of drug-likeness (QED) is 0.751. The zero-order valence-electron chi connectivity index (χ0n) is 6.11. The van der Waals surface area contributed by atoms with Gasteiger partial charge in [0.1, 0.15) is 12.3 Å². The molecular formula is C5H4F2N2O4. The van der Waals surface area contributed by atoms with Crippen LogP contribution in [0.15, 0.2) is 4.63 Å². The van der Waals surface area contributed by atoms with Crippen LogP contribution in [0, 0.1) is 0 Å². The van der Waals surface area contributed by atoms with E-state index in [2.05, 4.69) is 19.7 Å². The van der Waals surface area contributed by atoms with Crippen LogP contribution in [-0.2, 0) is 11.3 Å².